The van der Waals surface area contributed by atoms with E-state index in [1.165, 1.54) is 0 Å². The first kappa shape index (κ1) is 18.2. The second-order valence-corrected chi connectivity index (χ2v) is 9.36. The largest absolute Gasteiger partial charge is 0.376 e. The number of rotatable bonds is 5. The van der Waals surface area contributed by atoms with Crippen molar-refractivity contribution < 1.29 is 17.9 Å². The van der Waals surface area contributed by atoms with Crippen LogP contribution in [0.2, 0.25) is 0 Å². The molecule has 2 atom stereocenters. The Bertz CT molecular complexity index is 904. The van der Waals surface area contributed by atoms with E-state index in [4.69, 9.17) is 4.74 Å². The maximum atomic E-state index is 13.4. The van der Waals surface area contributed by atoms with E-state index in [2.05, 4.69) is 4.98 Å². The van der Waals surface area contributed by atoms with Gasteiger partial charge in [0.1, 0.15) is 5.69 Å². The summed E-state index contributed by atoms with van der Waals surface area (Å²) in [5, 5.41) is 0. The van der Waals surface area contributed by atoms with E-state index in [1.807, 2.05) is 30.3 Å². The number of hydrogen-bond donors (Lipinski definition) is 0. The highest BCUT2D eigenvalue weighted by atomic mass is 32.2. The topological polar surface area (TPSA) is 81.5 Å². The molecular weight excluding hydrogens is 366 g/mol. The first-order chi connectivity index (χ1) is 13.0. The molecule has 0 saturated carbocycles. The Hall–Kier alpha value is -2.19. The minimum Gasteiger partial charge on any atom is -0.376 e. The zero-order valence-electron chi connectivity index (χ0n) is 15.0. The number of carbonyl (C=O) groups is 1. The van der Waals surface area contributed by atoms with E-state index in [9.17, 15) is 13.2 Å². The number of nitrogens with zero attached hydrogens (tertiary/aromatic N) is 3. The number of aromatic nitrogens is 2. The highest BCUT2D eigenvalue weighted by Gasteiger charge is 2.37. The van der Waals surface area contributed by atoms with Crippen LogP contribution in [0, 0.1) is 0 Å². The molecule has 8 heteroatoms. The van der Waals surface area contributed by atoms with Gasteiger partial charge in [0.2, 0.25) is 0 Å². The van der Waals surface area contributed by atoms with E-state index in [0.717, 1.165) is 18.5 Å². The van der Waals surface area contributed by atoms with Crippen LogP contribution in [-0.2, 0) is 14.6 Å². The summed E-state index contributed by atoms with van der Waals surface area (Å²) < 4.78 is 31.4. The van der Waals surface area contributed by atoms with Crippen LogP contribution < -0.4 is 0 Å². The van der Waals surface area contributed by atoms with Gasteiger partial charge in [-0.3, -0.25) is 9.36 Å². The van der Waals surface area contributed by atoms with Gasteiger partial charge in [-0.1, -0.05) is 18.2 Å². The predicted molar refractivity (Wildman–Crippen MR) is 101 cm³/mol. The molecule has 144 valence electrons. The van der Waals surface area contributed by atoms with Crippen molar-refractivity contribution in [1.82, 2.24) is 14.5 Å². The molecule has 1 aromatic carbocycles. The van der Waals surface area contributed by atoms with Gasteiger partial charge < -0.3 is 9.64 Å². The third-order valence-corrected chi connectivity index (χ3v) is 6.98. The summed E-state index contributed by atoms with van der Waals surface area (Å²) in [6.07, 6.45) is 5.45. The lowest BCUT2D eigenvalue weighted by Crippen LogP contribution is -2.45. The molecule has 3 heterocycles. The van der Waals surface area contributed by atoms with Gasteiger partial charge in [-0.2, -0.15) is 0 Å². The number of amides is 1. The number of hydrogen-bond acceptors (Lipinski definition) is 5. The number of imidazole rings is 1. The fraction of sp³-hybridized carbons (Fsp3) is 0.474. The van der Waals surface area contributed by atoms with Gasteiger partial charge in [-0.05, 0) is 31.4 Å². The molecule has 1 amide bonds. The molecule has 4 rings (SSSR count). The highest BCUT2D eigenvalue weighted by Crippen LogP contribution is 2.24. The number of carbonyl (C=O) groups excluding carboxylic acids is 1. The fourth-order valence-corrected chi connectivity index (χ4v) is 5.55. The molecule has 2 aliphatic heterocycles. The number of benzene rings is 1. The molecule has 0 unspecified atom stereocenters. The van der Waals surface area contributed by atoms with Crippen molar-refractivity contribution in [3.63, 3.8) is 0 Å². The zero-order valence-corrected chi connectivity index (χ0v) is 15.8. The fourth-order valence-electron chi connectivity index (χ4n) is 3.82. The zero-order chi connectivity index (χ0) is 18.9. The van der Waals surface area contributed by atoms with Crippen LogP contribution in [0.1, 0.15) is 29.8 Å². The van der Waals surface area contributed by atoms with Crippen molar-refractivity contribution in [1.29, 1.82) is 0 Å². The van der Waals surface area contributed by atoms with Crippen LogP contribution in [0.4, 0.5) is 0 Å². The van der Waals surface area contributed by atoms with Gasteiger partial charge in [-0.25, -0.2) is 13.4 Å². The monoisotopic (exact) mass is 389 g/mol. The smallest absolute Gasteiger partial charge is 0.272 e. The lowest BCUT2D eigenvalue weighted by Gasteiger charge is -2.30. The average Bonchev–Trinajstić information content (AvgIpc) is 3.40. The van der Waals surface area contributed by atoms with Crippen LogP contribution in [0.15, 0.2) is 42.9 Å². The molecule has 2 saturated heterocycles. The molecule has 0 spiro atoms. The predicted octanol–water partition coefficient (Wildman–Crippen LogP) is 1.68. The third-order valence-electron chi connectivity index (χ3n) is 5.23. The maximum absolute atomic E-state index is 13.4. The summed E-state index contributed by atoms with van der Waals surface area (Å²) in [5.41, 5.74) is 1.28. The summed E-state index contributed by atoms with van der Waals surface area (Å²) in [7, 11) is -3.10. The quantitative estimate of drug-likeness (QED) is 0.777. The lowest BCUT2D eigenvalue weighted by atomic mass is 10.1. The Labute approximate surface area is 158 Å². The van der Waals surface area contributed by atoms with E-state index >= 15 is 0 Å². The Balaban J connectivity index is 1.64. The van der Waals surface area contributed by atoms with Crippen LogP contribution in [-0.4, -0.2) is 65.6 Å². The standard InChI is InChI=1S/C19H23N3O4S/c23-19(18-11-20-14-22(18)15-5-2-1-3-6-15)21(12-17-7-4-9-26-17)16-8-10-27(24,25)13-16/h1-3,5-6,11,14,16-17H,4,7-10,12-13H2/t16-,17+/m1/s1. The van der Waals surface area contributed by atoms with Gasteiger partial charge in [0.05, 0.1) is 30.1 Å². The second kappa shape index (κ2) is 7.44. The van der Waals surface area contributed by atoms with Crippen LogP contribution in [0.3, 0.4) is 0 Å². The van der Waals surface area contributed by atoms with Crippen LogP contribution in [0.5, 0.6) is 0 Å². The van der Waals surface area contributed by atoms with Crippen molar-refractivity contribution in [2.45, 2.75) is 31.4 Å². The van der Waals surface area contributed by atoms with Gasteiger partial charge in [0.15, 0.2) is 9.84 Å². The lowest BCUT2D eigenvalue weighted by molar-refractivity contribution is 0.0435. The number of para-hydroxylation sites is 1. The minimum atomic E-state index is -3.10. The first-order valence-corrected chi connectivity index (χ1v) is 11.1. The SMILES string of the molecule is O=C(c1cncn1-c1ccccc1)N(C[C@@H]1CCCO1)[C@@H]1CCS(=O)(=O)C1. The van der Waals surface area contributed by atoms with Crippen LogP contribution >= 0.6 is 0 Å². The van der Waals surface area contributed by atoms with Crippen molar-refractivity contribution in [2.75, 3.05) is 24.7 Å². The van der Waals surface area contributed by atoms with Crippen LogP contribution in [0.25, 0.3) is 5.69 Å². The van der Waals surface area contributed by atoms with Gasteiger partial charge in [0, 0.05) is 24.9 Å². The Morgan fingerprint density at radius 1 is 1.26 bits per heavy atom. The van der Waals surface area contributed by atoms with Gasteiger partial charge >= 0.3 is 0 Å². The van der Waals surface area contributed by atoms with Crippen molar-refractivity contribution >= 4 is 15.7 Å². The molecule has 27 heavy (non-hydrogen) atoms. The minimum absolute atomic E-state index is 0.0188. The summed E-state index contributed by atoms with van der Waals surface area (Å²) in [6.45, 7) is 1.11. The second-order valence-electron chi connectivity index (χ2n) is 7.13. The van der Waals surface area contributed by atoms with Gasteiger partial charge in [-0.15, -0.1) is 0 Å². The number of ether oxygens (including phenoxy) is 1. The van der Waals surface area contributed by atoms with E-state index in [1.54, 1.807) is 22.0 Å². The van der Waals surface area contributed by atoms with E-state index < -0.39 is 9.84 Å². The number of sulfone groups is 1. The first-order valence-electron chi connectivity index (χ1n) is 9.24. The molecule has 1 aromatic heterocycles. The molecule has 2 fully saturated rings. The molecule has 2 aliphatic rings. The third kappa shape index (κ3) is 3.91. The van der Waals surface area contributed by atoms with Crippen molar-refractivity contribution in [3.05, 3.63) is 48.5 Å². The normalized spacial score (nSPS) is 24.1. The Morgan fingerprint density at radius 2 is 2.07 bits per heavy atom. The summed E-state index contributed by atoms with van der Waals surface area (Å²) in [5.74, 6) is -0.0514. The molecule has 0 N–H and O–H groups in total. The molecule has 0 aliphatic carbocycles. The summed E-state index contributed by atoms with van der Waals surface area (Å²) in [4.78, 5) is 19.2. The van der Waals surface area contributed by atoms with E-state index in [-0.39, 0.29) is 29.6 Å². The molecular formula is C19H23N3O4S. The van der Waals surface area contributed by atoms with Gasteiger partial charge in [0.25, 0.3) is 5.91 Å². The summed E-state index contributed by atoms with van der Waals surface area (Å²) in [6, 6.07) is 9.21. The highest BCUT2D eigenvalue weighted by molar-refractivity contribution is 7.91. The van der Waals surface area contributed by atoms with E-state index in [0.29, 0.717) is 25.3 Å². The molecule has 7 nitrogen and oxygen atoms in total. The Morgan fingerprint density at radius 3 is 2.74 bits per heavy atom. The maximum Gasteiger partial charge on any atom is 0.272 e. The average molecular weight is 389 g/mol. The van der Waals surface area contributed by atoms with Crippen molar-refractivity contribution in [2.24, 2.45) is 0 Å². The summed E-state index contributed by atoms with van der Waals surface area (Å²) >= 11 is 0. The van der Waals surface area contributed by atoms with Crippen molar-refractivity contribution in [3.8, 4) is 5.69 Å². The molecule has 2 aromatic rings. The molecule has 0 bridgehead atoms. The molecule has 0 radical (unpaired) electrons. The Kier molecular flexibility index (Phi) is 5.01.